The van der Waals surface area contributed by atoms with E-state index in [-0.39, 0.29) is 23.9 Å². The van der Waals surface area contributed by atoms with Gasteiger partial charge in [-0.25, -0.2) is 0 Å². The third-order valence-electron chi connectivity index (χ3n) is 4.36. The maximum atomic E-state index is 12.6. The minimum absolute atomic E-state index is 0.0183. The van der Waals surface area contributed by atoms with Crippen LogP contribution in [0.1, 0.15) is 13.3 Å². The molecule has 1 fully saturated rings. The molecule has 3 rings (SSSR count). The van der Waals surface area contributed by atoms with Gasteiger partial charge in [-0.3, -0.25) is 14.3 Å². The third kappa shape index (κ3) is 2.62. The maximum absolute atomic E-state index is 12.6. The van der Waals surface area contributed by atoms with Crippen LogP contribution in [-0.4, -0.2) is 39.7 Å². The molecule has 0 aliphatic carbocycles. The van der Waals surface area contributed by atoms with Gasteiger partial charge in [0.2, 0.25) is 11.3 Å². The highest BCUT2D eigenvalue weighted by atomic mass is 16.2. The second-order valence-corrected chi connectivity index (χ2v) is 5.92. The molecule has 116 valence electrons. The molecule has 2 N–H and O–H groups in total. The Hall–Kier alpha value is -2.21. The molecule has 1 amide bonds. The van der Waals surface area contributed by atoms with Gasteiger partial charge in [-0.05, 0) is 37.9 Å². The predicted octanol–water partition coefficient (Wildman–Crippen LogP) is 0.592. The lowest BCUT2D eigenvalue weighted by molar-refractivity contribution is -0.132. The molecule has 1 aliphatic rings. The summed E-state index contributed by atoms with van der Waals surface area (Å²) in [5.41, 5.74) is 6.27. The third-order valence-corrected chi connectivity index (χ3v) is 4.36. The fraction of sp³-hybridized carbons (Fsp3) is 0.438. The van der Waals surface area contributed by atoms with E-state index in [1.54, 1.807) is 10.7 Å². The van der Waals surface area contributed by atoms with Crippen molar-refractivity contribution in [3.8, 4) is 0 Å². The molecular formula is C16H20N4O2. The number of amides is 1. The highest BCUT2D eigenvalue weighted by molar-refractivity contribution is 5.81. The SMILES string of the molecule is CC1CC(CN)CN1C(=O)Cn1ncc(=O)c2ccccc21. The number of hydrogen-bond acceptors (Lipinski definition) is 4. The highest BCUT2D eigenvalue weighted by Gasteiger charge is 2.31. The summed E-state index contributed by atoms with van der Waals surface area (Å²) < 4.78 is 1.60. The standard InChI is InChI=1S/C16H20N4O2/c1-11-6-12(7-17)9-19(11)16(22)10-20-14-5-3-2-4-13(14)15(21)8-18-20/h2-5,8,11-12H,6-7,9-10,17H2,1H3. The number of benzene rings is 1. The number of carbonyl (C=O) groups is 1. The molecule has 2 aromatic rings. The van der Waals surface area contributed by atoms with Gasteiger partial charge in [0, 0.05) is 18.0 Å². The Balaban J connectivity index is 1.86. The Morgan fingerprint density at radius 1 is 1.41 bits per heavy atom. The summed E-state index contributed by atoms with van der Waals surface area (Å²) in [5, 5.41) is 4.70. The second-order valence-electron chi connectivity index (χ2n) is 5.92. The van der Waals surface area contributed by atoms with E-state index in [4.69, 9.17) is 5.73 Å². The first-order valence-corrected chi connectivity index (χ1v) is 7.54. The van der Waals surface area contributed by atoms with Crippen molar-refractivity contribution in [2.45, 2.75) is 25.9 Å². The average Bonchev–Trinajstić information content (AvgIpc) is 2.91. The van der Waals surface area contributed by atoms with Gasteiger partial charge in [-0.2, -0.15) is 5.10 Å². The summed E-state index contributed by atoms with van der Waals surface area (Å²) in [5.74, 6) is 0.391. The fourth-order valence-electron chi connectivity index (χ4n) is 3.17. The van der Waals surface area contributed by atoms with Crippen LogP contribution in [0.5, 0.6) is 0 Å². The zero-order valence-corrected chi connectivity index (χ0v) is 12.6. The quantitative estimate of drug-likeness (QED) is 0.899. The molecule has 0 spiro atoms. The first kappa shape index (κ1) is 14.7. The monoisotopic (exact) mass is 300 g/mol. The summed E-state index contributed by atoms with van der Waals surface area (Å²) in [7, 11) is 0. The molecule has 1 aromatic heterocycles. The van der Waals surface area contributed by atoms with E-state index in [1.165, 1.54) is 6.20 Å². The van der Waals surface area contributed by atoms with E-state index >= 15 is 0 Å². The van der Waals surface area contributed by atoms with Crippen molar-refractivity contribution in [2.24, 2.45) is 11.7 Å². The van der Waals surface area contributed by atoms with Crippen molar-refractivity contribution in [1.29, 1.82) is 0 Å². The number of rotatable bonds is 3. The van der Waals surface area contributed by atoms with Gasteiger partial charge >= 0.3 is 0 Å². The predicted molar refractivity (Wildman–Crippen MR) is 84.3 cm³/mol. The highest BCUT2D eigenvalue weighted by Crippen LogP contribution is 2.22. The van der Waals surface area contributed by atoms with Crippen LogP contribution >= 0.6 is 0 Å². The first-order valence-electron chi connectivity index (χ1n) is 7.54. The number of fused-ring (bicyclic) bond motifs is 1. The molecule has 6 nitrogen and oxygen atoms in total. The lowest BCUT2D eigenvalue weighted by atomic mass is 10.1. The summed E-state index contributed by atoms with van der Waals surface area (Å²) >= 11 is 0. The van der Waals surface area contributed by atoms with E-state index in [0.717, 1.165) is 6.42 Å². The molecule has 22 heavy (non-hydrogen) atoms. The number of nitrogens with zero attached hydrogens (tertiary/aromatic N) is 3. The maximum Gasteiger partial charge on any atom is 0.244 e. The smallest absolute Gasteiger partial charge is 0.244 e. The molecule has 1 aromatic carbocycles. The number of hydrogen-bond donors (Lipinski definition) is 1. The normalized spacial score (nSPS) is 21.5. The van der Waals surface area contributed by atoms with Gasteiger partial charge in [0.25, 0.3) is 0 Å². The minimum Gasteiger partial charge on any atom is -0.338 e. The first-order chi connectivity index (χ1) is 10.6. The number of nitrogens with two attached hydrogens (primary N) is 1. The van der Waals surface area contributed by atoms with Crippen LogP contribution in [0.15, 0.2) is 35.3 Å². The van der Waals surface area contributed by atoms with Gasteiger partial charge < -0.3 is 10.6 Å². The summed E-state index contributed by atoms with van der Waals surface area (Å²) in [6, 6.07) is 7.42. The van der Waals surface area contributed by atoms with Crippen molar-refractivity contribution >= 4 is 16.8 Å². The molecule has 0 radical (unpaired) electrons. The number of para-hydroxylation sites is 1. The van der Waals surface area contributed by atoms with Crippen molar-refractivity contribution < 1.29 is 4.79 Å². The summed E-state index contributed by atoms with van der Waals surface area (Å²) in [4.78, 5) is 26.3. The number of aromatic nitrogens is 2. The van der Waals surface area contributed by atoms with Crippen molar-refractivity contribution in [1.82, 2.24) is 14.7 Å². The molecule has 6 heteroatoms. The molecule has 2 atom stereocenters. The van der Waals surface area contributed by atoms with Gasteiger partial charge in [-0.15, -0.1) is 0 Å². The molecule has 1 aliphatic heterocycles. The van der Waals surface area contributed by atoms with Gasteiger partial charge in [0.15, 0.2) is 0 Å². The Bertz CT molecular complexity index is 755. The Kier molecular flexibility index (Phi) is 3.94. The molecule has 0 bridgehead atoms. The van der Waals surface area contributed by atoms with Crippen LogP contribution in [0.2, 0.25) is 0 Å². The van der Waals surface area contributed by atoms with Crippen LogP contribution in [0.4, 0.5) is 0 Å². The lowest BCUT2D eigenvalue weighted by Gasteiger charge is -2.22. The summed E-state index contributed by atoms with van der Waals surface area (Å²) in [6.45, 7) is 3.49. The molecule has 2 unspecified atom stereocenters. The van der Waals surface area contributed by atoms with Gasteiger partial charge in [0.1, 0.15) is 6.54 Å². The van der Waals surface area contributed by atoms with E-state index in [2.05, 4.69) is 5.10 Å². The van der Waals surface area contributed by atoms with Crippen molar-refractivity contribution in [3.63, 3.8) is 0 Å². The Morgan fingerprint density at radius 3 is 2.91 bits per heavy atom. The number of likely N-dealkylation sites (tertiary alicyclic amines) is 1. The largest absolute Gasteiger partial charge is 0.338 e. The van der Waals surface area contributed by atoms with Crippen LogP contribution in [0, 0.1) is 5.92 Å². The van der Waals surface area contributed by atoms with E-state index in [1.807, 2.05) is 30.0 Å². The topological polar surface area (TPSA) is 81.2 Å². The average molecular weight is 300 g/mol. The van der Waals surface area contributed by atoms with Crippen LogP contribution in [0.25, 0.3) is 10.9 Å². The van der Waals surface area contributed by atoms with Crippen LogP contribution < -0.4 is 11.2 Å². The molecule has 1 saturated heterocycles. The second kappa shape index (κ2) is 5.88. The van der Waals surface area contributed by atoms with Gasteiger partial charge in [-0.1, -0.05) is 12.1 Å². The van der Waals surface area contributed by atoms with E-state index in [9.17, 15) is 9.59 Å². The molecular weight excluding hydrogens is 280 g/mol. The zero-order valence-electron chi connectivity index (χ0n) is 12.6. The van der Waals surface area contributed by atoms with Gasteiger partial charge in [0.05, 0.1) is 11.7 Å². The van der Waals surface area contributed by atoms with E-state index in [0.29, 0.717) is 29.9 Å². The Labute approximate surface area is 128 Å². The van der Waals surface area contributed by atoms with Crippen LogP contribution in [0.3, 0.4) is 0 Å². The van der Waals surface area contributed by atoms with Crippen molar-refractivity contribution in [2.75, 3.05) is 13.1 Å². The molecule has 0 saturated carbocycles. The Morgan fingerprint density at radius 2 is 2.18 bits per heavy atom. The fourth-order valence-corrected chi connectivity index (χ4v) is 3.17. The van der Waals surface area contributed by atoms with Crippen molar-refractivity contribution in [3.05, 3.63) is 40.7 Å². The minimum atomic E-state index is -0.128. The lowest BCUT2D eigenvalue weighted by Crippen LogP contribution is -2.37. The molecule has 2 heterocycles. The van der Waals surface area contributed by atoms with Crippen LogP contribution in [-0.2, 0) is 11.3 Å². The summed E-state index contributed by atoms with van der Waals surface area (Å²) in [6.07, 6.45) is 2.21. The zero-order chi connectivity index (χ0) is 15.7. The van der Waals surface area contributed by atoms with E-state index < -0.39 is 0 Å². The number of carbonyl (C=O) groups excluding carboxylic acids is 1.